The number of aryl methyl sites for hydroxylation is 1. The normalized spacial score (nSPS) is 10.5. The molecular formula is C15H18ClN5O3S. The molecule has 0 spiro atoms. The van der Waals surface area contributed by atoms with E-state index < -0.39 is 5.91 Å². The zero-order valence-electron chi connectivity index (χ0n) is 13.8. The Bertz CT molecular complexity index is 781. The topological polar surface area (TPSA) is 112 Å². The van der Waals surface area contributed by atoms with E-state index in [1.165, 1.54) is 18.9 Å². The first-order valence-electron chi connectivity index (χ1n) is 7.33. The minimum atomic E-state index is -0.394. The quantitative estimate of drug-likeness (QED) is 0.670. The van der Waals surface area contributed by atoms with Crippen molar-refractivity contribution in [3.05, 3.63) is 29.0 Å². The Morgan fingerprint density at radius 1 is 1.40 bits per heavy atom. The van der Waals surface area contributed by atoms with Gasteiger partial charge in [-0.1, -0.05) is 23.4 Å². The van der Waals surface area contributed by atoms with Gasteiger partial charge in [-0.05, 0) is 18.2 Å². The Labute approximate surface area is 154 Å². The molecule has 0 unspecified atom stereocenters. The average molecular weight is 384 g/mol. The van der Waals surface area contributed by atoms with Gasteiger partial charge in [0, 0.05) is 25.6 Å². The third-order valence-electron chi connectivity index (χ3n) is 3.29. The lowest BCUT2D eigenvalue weighted by atomic mass is 10.3. The standard InChI is InChI=1S/C15H18ClN5O3S/c1-21-13(6-5-12(17)22)19-20-15(21)25-8-14(23)18-9-3-4-11(24-2)10(16)7-9/h3-4,7H,5-6,8H2,1-2H3,(H2,17,22)(H,18,23). The van der Waals surface area contributed by atoms with Crippen LogP contribution in [0.4, 0.5) is 5.69 Å². The lowest BCUT2D eigenvalue weighted by molar-refractivity contribution is -0.118. The number of aromatic nitrogens is 3. The summed E-state index contributed by atoms with van der Waals surface area (Å²) in [4.78, 5) is 22.9. The summed E-state index contributed by atoms with van der Waals surface area (Å²) in [6.45, 7) is 0. The summed E-state index contributed by atoms with van der Waals surface area (Å²) in [5, 5.41) is 11.8. The molecule has 8 nitrogen and oxygen atoms in total. The molecule has 2 aromatic rings. The first kappa shape index (κ1) is 19.1. The first-order valence-corrected chi connectivity index (χ1v) is 8.69. The molecule has 2 amide bonds. The summed E-state index contributed by atoms with van der Waals surface area (Å²) in [5.74, 6) is 0.744. The summed E-state index contributed by atoms with van der Waals surface area (Å²) >= 11 is 7.27. The van der Waals surface area contributed by atoms with Crippen LogP contribution < -0.4 is 15.8 Å². The van der Waals surface area contributed by atoms with Crippen molar-refractivity contribution in [1.82, 2.24) is 14.8 Å². The lowest BCUT2D eigenvalue weighted by Gasteiger charge is -2.08. The van der Waals surface area contributed by atoms with E-state index in [9.17, 15) is 9.59 Å². The van der Waals surface area contributed by atoms with Gasteiger partial charge in [-0.3, -0.25) is 9.59 Å². The van der Waals surface area contributed by atoms with Crippen molar-refractivity contribution in [2.24, 2.45) is 12.8 Å². The van der Waals surface area contributed by atoms with E-state index in [2.05, 4.69) is 15.5 Å². The Hall–Kier alpha value is -2.26. The third kappa shape index (κ3) is 5.36. The van der Waals surface area contributed by atoms with Crippen LogP contribution in [0, 0.1) is 0 Å². The number of thioether (sulfide) groups is 1. The lowest BCUT2D eigenvalue weighted by Crippen LogP contribution is -2.15. The van der Waals surface area contributed by atoms with Crippen molar-refractivity contribution < 1.29 is 14.3 Å². The number of amides is 2. The summed E-state index contributed by atoms with van der Waals surface area (Å²) in [5.41, 5.74) is 5.71. The molecule has 1 aromatic carbocycles. The highest BCUT2D eigenvalue weighted by molar-refractivity contribution is 7.99. The highest BCUT2D eigenvalue weighted by Gasteiger charge is 2.12. The van der Waals surface area contributed by atoms with Gasteiger partial charge in [0.25, 0.3) is 0 Å². The second kappa shape index (κ2) is 8.72. The van der Waals surface area contributed by atoms with Crippen LogP contribution >= 0.6 is 23.4 Å². The number of primary amides is 1. The van der Waals surface area contributed by atoms with Crippen LogP contribution in [-0.2, 0) is 23.1 Å². The molecule has 0 atom stereocenters. The van der Waals surface area contributed by atoms with Gasteiger partial charge in [0.05, 0.1) is 17.9 Å². The number of ether oxygens (including phenoxy) is 1. The van der Waals surface area contributed by atoms with Crippen LogP contribution in [0.2, 0.25) is 5.02 Å². The minimum absolute atomic E-state index is 0.158. The maximum Gasteiger partial charge on any atom is 0.234 e. The van der Waals surface area contributed by atoms with Crippen molar-refractivity contribution in [2.75, 3.05) is 18.2 Å². The number of nitrogens with one attached hydrogen (secondary N) is 1. The number of benzene rings is 1. The van der Waals surface area contributed by atoms with E-state index in [0.29, 0.717) is 33.9 Å². The van der Waals surface area contributed by atoms with E-state index in [4.69, 9.17) is 22.1 Å². The summed E-state index contributed by atoms with van der Waals surface area (Å²) in [7, 11) is 3.30. The van der Waals surface area contributed by atoms with Gasteiger partial charge >= 0.3 is 0 Å². The van der Waals surface area contributed by atoms with E-state index >= 15 is 0 Å². The van der Waals surface area contributed by atoms with Gasteiger partial charge in [-0.25, -0.2) is 0 Å². The van der Waals surface area contributed by atoms with E-state index in [0.717, 1.165) is 0 Å². The Morgan fingerprint density at radius 2 is 2.16 bits per heavy atom. The zero-order valence-corrected chi connectivity index (χ0v) is 15.4. The second-order valence-electron chi connectivity index (χ2n) is 5.11. The third-order valence-corrected chi connectivity index (χ3v) is 4.60. The summed E-state index contributed by atoms with van der Waals surface area (Å²) in [6, 6.07) is 5.00. The highest BCUT2D eigenvalue weighted by Crippen LogP contribution is 2.27. The molecule has 0 saturated carbocycles. The van der Waals surface area contributed by atoms with Crippen LogP contribution in [0.25, 0.3) is 0 Å². The van der Waals surface area contributed by atoms with Gasteiger partial charge in [0.1, 0.15) is 11.6 Å². The highest BCUT2D eigenvalue weighted by atomic mass is 35.5. The minimum Gasteiger partial charge on any atom is -0.495 e. The van der Waals surface area contributed by atoms with Crippen LogP contribution in [0.15, 0.2) is 23.4 Å². The molecule has 134 valence electrons. The molecule has 3 N–H and O–H groups in total. The van der Waals surface area contributed by atoms with E-state index in [1.807, 2.05) is 0 Å². The van der Waals surface area contributed by atoms with Gasteiger partial charge in [0.2, 0.25) is 11.8 Å². The number of halogens is 1. The second-order valence-corrected chi connectivity index (χ2v) is 6.46. The molecule has 0 radical (unpaired) electrons. The van der Waals surface area contributed by atoms with Gasteiger partial charge < -0.3 is 20.4 Å². The Morgan fingerprint density at radius 3 is 2.80 bits per heavy atom. The fourth-order valence-corrected chi connectivity index (χ4v) is 2.98. The van der Waals surface area contributed by atoms with Crippen LogP contribution in [0.1, 0.15) is 12.2 Å². The number of hydrogen-bond acceptors (Lipinski definition) is 6. The van der Waals surface area contributed by atoms with Crippen LogP contribution in [0.5, 0.6) is 5.75 Å². The van der Waals surface area contributed by atoms with E-state index in [1.54, 1.807) is 29.8 Å². The molecule has 0 fully saturated rings. The zero-order chi connectivity index (χ0) is 18.4. The number of carbonyl (C=O) groups is 2. The number of nitrogens with two attached hydrogens (primary N) is 1. The van der Waals surface area contributed by atoms with Crippen molar-refractivity contribution >= 4 is 40.9 Å². The predicted octanol–water partition coefficient (Wildman–Crippen LogP) is 1.63. The van der Waals surface area contributed by atoms with Gasteiger partial charge in [-0.15, -0.1) is 10.2 Å². The molecule has 0 aliphatic heterocycles. The van der Waals surface area contributed by atoms with E-state index in [-0.39, 0.29) is 18.1 Å². The maximum atomic E-state index is 12.1. The first-order chi connectivity index (χ1) is 11.9. The maximum absolute atomic E-state index is 12.1. The number of anilines is 1. The number of hydrogen-bond donors (Lipinski definition) is 2. The molecule has 1 heterocycles. The molecular weight excluding hydrogens is 366 g/mol. The van der Waals surface area contributed by atoms with Gasteiger partial charge in [0.15, 0.2) is 5.16 Å². The number of methoxy groups -OCH3 is 1. The monoisotopic (exact) mass is 383 g/mol. The van der Waals surface area contributed by atoms with Crippen molar-refractivity contribution in [1.29, 1.82) is 0 Å². The molecule has 1 aromatic heterocycles. The van der Waals surface area contributed by atoms with Crippen LogP contribution in [-0.4, -0.2) is 39.4 Å². The van der Waals surface area contributed by atoms with Crippen molar-refractivity contribution in [2.45, 2.75) is 18.0 Å². The van der Waals surface area contributed by atoms with Crippen molar-refractivity contribution in [3.63, 3.8) is 0 Å². The number of nitrogens with zero attached hydrogens (tertiary/aromatic N) is 3. The molecule has 2 rings (SSSR count). The fraction of sp³-hybridized carbons (Fsp3) is 0.333. The molecule has 0 aliphatic rings. The largest absolute Gasteiger partial charge is 0.495 e. The van der Waals surface area contributed by atoms with Gasteiger partial charge in [-0.2, -0.15) is 0 Å². The molecule has 0 aliphatic carbocycles. The molecule has 25 heavy (non-hydrogen) atoms. The summed E-state index contributed by atoms with van der Waals surface area (Å²) in [6.07, 6.45) is 0.616. The Balaban J connectivity index is 1.89. The molecule has 0 saturated heterocycles. The van der Waals surface area contributed by atoms with Crippen LogP contribution in [0.3, 0.4) is 0 Å². The summed E-state index contributed by atoms with van der Waals surface area (Å²) < 4.78 is 6.81. The smallest absolute Gasteiger partial charge is 0.234 e. The predicted molar refractivity (Wildman–Crippen MR) is 95.9 cm³/mol. The molecule has 10 heteroatoms. The Kier molecular flexibility index (Phi) is 6.65. The fourth-order valence-electron chi connectivity index (χ4n) is 1.99. The number of rotatable bonds is 8. The molecule has 0 bridgehead atoms. The van der Waals surface area contributed by atoms with Crippen molar-refractivity contribution in [3.8, 4) is 5.75 Å². The SMILES string of the molecule is COc1ccc(NC(=O)CSc2nnc(CCC(N)=O)n2C)cc1Cl. The average Bonchev–Trinajstić information content (AvgIpc) is 2.91. The number of carbonyl (C=O) groups excluding carboxylic acids is 2.